The molecule has 31 heavy (non-hydrogen) atoms. The van der Waals surface area contributed by atoms with Crippen molar-refractivity contribution in [2.75, 3.05) is 41.7 Å². The molecular formula is C22H22ClNO7. The van der Waals surface area contributed by atoms with Crippen molar-refractivity contribution in [3.8, 4) is 28.7 Å². The molecule has 0 aliphatic carbocycles. The smallest absolute Gasteiger partial charge is 0.343 e. The van der Waals surface area contributed by atoms with E-state index in [1.807, 2.05) is 13.1 Å². The van der Waals surface area contributed by atoms with Gasteiger partial charge in [-0.25, -0.2) is 4.79 Å². The molecule has 0 radical (unpaired) electrons. The van der Waals surface area contributed by atoms with Crippen LogP contribution in [0.2, 0.25) is 5.02 Å². The van der Waals surface area contributed by atoms with E-state index in [-0.39, 0.29) is 12.8 Å². The first-order chi connectivity index (χ1) is 15.0. The summed E-state index contributed by atoms with van der Waals surface area (Å²) in [5.41, 5.74) is 2.85. The number of halogens is 1. The maximum Gasteiger partial charge on any atom is 0.343 e. The summed E-state index contributed by atoms with van der Waals surface area (Å²) >= 11 is 6.71. The molecule has 164 valence electrons. The highest BCUT2D eigenvalue weighted by molar-refractivity contribution is 6.33. The fourth-order valence-corrected chi connectivity index (χ4v) is 5.11. The minimum atomic E-state index is -0.586. The fourth-order valence-electron chi connectivity index (χ4n) is 4.78. The van der Waals surface area contributed by atoms with E-state index in [4.69, 9.17) is 40.0 Å². The number of hydrogen-bond donors (Lipinski definition) is 0. The number of carbonyl (C=O) groups excluding carboxylic acids is 1. The number of cyclic esters (lactones) is 1. The zero-order valence-electron chi connectivity index (χ0n) is 17.6. The van der Waals surface area contributed by atoms with Gasteiger partial charge in [0.2, 0.25) is 12.5 Å². The molecular weight excluding hydrogens is 426 g/mol. The standard InChI is InChI=1S/C22H22ClNO7/c1-24-8-7-10-13(19(28-4)21-20(15(10)23)29-9-30-21)16(24)17-11-5-6-12(26-2)18(27-3)14(11)22(25)31-17/h5-6,16-17H,7-9H2,1-4H3. The maximum atomic E-state index is 12.9. The number of esters is 1. The van der Waals surface area contributed by atoms with Gasteiger partial charge in [0.1, 0.15) is 11.7 Å². The molecule has 9 heteroatoms. The third-order valence-electron chi connectivity index (χ3n) is 6.15. The molecule has 8 nitrogen and oxygen atoms in total. The monoisotopic (exact) mass is 447 g/mol. The van der Waals surface area contributed by atoms with Gasteiger partial charge in [0, 0.05) is 17.7 Å². The van der Waals surface area contributed by atoms with Gasteiger partial charge >= 0.3 is 5.97 Å². The molecule has 2 atom stereocenters. The SMILES string of the molecule is COc1ccc2c(c1OC)C(=O)OC2C1c2c(c(Cl)c3c(c2OC)OCO3)CCN1C. The lowest BCUT2D eigenvalue weighted by Gasteiger charge is -2.38. The van der Waals surface area contributed by atoms with E-state index in [0.29, 0.717) is 45.8 Å². The van der Waals surface area contributed by atoms with Crippen LogP contribution in [0.15, 0.2) is 12.1 Å². The molecule has 3 heterocycles. The van der Waals surface area contributed by atoms with Gasteiger partial charge in [-0.05, 0) is 25.1 Å². The van der Waals surface area contributed by atoms with Gasteiger partial charge in [-0.2, -0.15) is 0 Å². The lowest BCUT2D eigenvalue weighted by atomic mass is 9.85. The fraction of sp³-hybridized carbons (Fsp3) is 0.409. The number of fused-ring (bicyclic) bond motifs is 3. The second-order valence-corrected chi connectivity index (χ2v) is 7.95. The van der Waals surface area contributed by atoms with Crippen LogP contribution >= 0.6 is 11.6 Å². The van der Waals surface area contributed by atoms with Crippen molar-refractivity contribution in [1.82, 2.24) is 4.90 Å². The average Bonchev–Trinajstić information content (AvgIpc) is 3.39. The largest absolute Gasteiger partial charge is 0.493 e. The average molecular weight is 448 g/mol. The normalized spacial score (nSPS) is 21.4. The molecule has 0 saturated heterocycles. The summed E-state index contributed by atoms with van der Waals surface area (Å²) in [6.07, 6.45) is 0.116. The quantitative estimate of drug-likeness (QED) is 0.659. The lowest BCUT2D eigenvalue weighted by molar-refractivity contribution is 0.00875. The van der Waals surface area contributed by atoms with Gasteiger partial charge in [0.05, 0.1) is 32.4 Å². The molecule has 0 spiro atoms. The highest BCUT2D eigenvalue weighted by Crippen LogP contribution is 2.57. The molecule has 0 N–H and O–H groups in total. The van der Waals surface area contributed by atoms with Crippen LogP contribution in [0.3, 0.4) is 0 Å². The predicted molar refractivity (Wildman–Crippen MR) is 111 cm³/mol. The topological polar surface area (TPSA) is 75.7 Å². The number of methoxy groups -OCH3 is 3. The first kappa shape index (κ1) is 20.1. The molecule has 2 aromatic carbocycles. The number of carbonyl (C=O) groups is 1. The molecule has 0 amide bonds. The van der Waals surface area contributed by atoms with Crippen LogP contribution < -0.4 is 23.7 Å². The number of benzene rings is 2. The summed E-state index contributed by atoms with van der Waals surface area (Å²) < 4.78 is 33.8. The van der Waals surface area contributed by atoms with Crippen LogP contribution in [0, 0.1) is 0 Å². The van der Waals surface area contributed by atoms with Gasteiger partial charge < -0.3 is 28.4 Å². The van der Waals surface area contributed by atoms with Crippen molar-refractivity contribution < 1.29 is 33.2 Å². The predicted octanol–water partition coefficient (Wildman–Crippen LogP) is 3.54. The summed E-state index contributed by atoms with van der Waals surface area (Å²) in [7, 11) is 6.60. The second-order valence-electron chi connectivity index (χ2n) is 7.57. The number of nitrogens with zero attached hydrogens (tertiary/aromatic N) is 1. The van der Waals surface area contributed by atoms with Crippen LogP contribution in [-0.4, -0.2) is 52.6 Å². The third-order valence-corrected chi connectivity index (χ3v) is 6.55. The second kappa shape index (κ2) is 7.39. The van der Waals surface area contributed by atoms with Crippen molar-refractivity contribution in [3.63, 3.8) is 0 Å². The summed E-state index contributed by atoms with van der Waals surface area (Å²) in [6, 6.07) is 3.28. The zero-order chi connectivity index (χ0) is 21.9. The summed E-state index contributed by atoms with van der Waals surface area (Å²) in [5.74, 6) is 1.90. The van der Waals surface area contributed by atoms with Gasteiger partial charge in [-0.15, -0.1) is 0 Å². The summed E-state index contributed by atoms with van der Waals surface area (Å²) in [5, 5.41) is 0.512. The highest BCUT2D eigenvalue weighted by Gasteiger charge is 2.47. The Morgan fingerprint density at radius 2 is 1.81 bits per heavy atom. The Bertz CT molecular complexity index is 1090. The van der Waals surface area contributed by atoms with E-state index < -0.39 is 12.1 Å². The third kappa shape index (κ3) is 2.74. The Kier molecular flexibility index (Phi) is 4.79. The van der Waals surface area contributed by atoms with Crippen LogP contribution in [-0.2, 0) is 11.2 Å². The molecule has 0 bridgehead atoms. The maximum absolute atomic E-state index is 12.9. The Balaban J connectivity index is 1.72. The van der Waals surface area contributed by atoms with Gasteiger partial charge in [0.15, 0.2) is 23.0 Å². The molecule has 2 unspecified atom stereocenters. The molecule has 0 saturated carbocycles. The Hall–Kier alpha value is -2.84. The Morgan fingerprint density at radius 1 is 1.06 bits per heavy atom. The minimum Gasteiger partial charge on any atom is -0.493 e. The number of hydrogen-bond acceptors (Lipinski definition) is 8. The van der Waals surface area contributed by atoms with Crippen molar-refractivity contribution in [3.05, 3.63) is 39.4 Å². The van der Waals surface area contributed by atoms with Gasteiger partial charge in [0.25, 0.3) is 0 Å². The van der Waals surface area contributed by atoms with Crippen molar-refractivity contribution in [2.24, 2.45) is 0 Å². The van der Waals surface area contributed by atoms with Gasteiger partial charge in [-0.3, -0.25) is 4.90 Å². The van der Waals surface area contributed by atoms with Crippen LogP contribution in [0.25, 0.3) is 0 Å². The lowest BCUT2D eigenvalue weighted by Crippen LogP contribution is -2.36. The van der Waals surface area contributed by atoms with E-state index in [0.717, 1.165) is 23.2 Å². The van der Waals surface area contributed by atoms with Crippen LogP contribution in [0.4, 0.5) is 0 Å². The van der Waals surface area contributed by atoms with E-state index in [1.54, 1.807) is 13.2 Å². The number of rotatable bonds is 4. The number of likely N-dealkylation sites (N-methyl/N-ethyl adjacent to an activating group) is 1. The van der Waals surface area contributed by atoms with E-state index >= 15 is 0 Å². The number of ether oxygens (including phenoxy) is 6. The van der Waals surface area contributed by atoms with Crippen molar-refractivity contribution in [1.29, 1.82) is 0 Å². The first-order valence-electron chi connectivity index (χ1n) is 9.85. The zero-order valence-corrected chi connectivity index (χ0v) is 18.4. The molecule has 3 aliphatic rings. The molecule has 0 aromatic heterocycles. The van der Waals surface area contributed by atoms with E-state index in [1.165, 1.54) is 14.2 Å². The Labute approximate surface area is 184 Å². The van der Waals surface area contributed by atoms with Crippen molar-refractivity contribution >= 4 is 17.6 Å². The first-order valence-corrected chi connectivity index (χ1v) is 10.2. The highest BCUT2D eigenvalue weighted by atomic mass is 35.5. The minimum absolute atomic E-state index is 0.0764. The van der Waals surface area contributed by atoms with Crippen LogP contribution in [0.5, 0.6) is 28.7 Å². The Morgan fingerprint density at radius 3 is 2.52 bits per heavy atom. The molecule has 0 fully saturated rings. The van der Waals surface area contributed by atoms with Crippen LogP contribution in [0.1, 0.15) is 39.2 Å². The molecule has 2 aromatic rings. The summed E-state index contributed by atoms with van der Waals surface area (Å²) in [4.78, 5) is 15.0. The molecule has 5 rings (SSSR count). The van der Waals surface area contributed by atoms with E-state index in [9.17, 15) is 4.79 Å². The van der Waals surface area contributed by atoms with Crippen molar-refractivity contribution in [2.45, 2.75) is 18.6 Å². The van der Waals surface area contributed by atoms with Gasteiger partial charge in [-0.1, -0.05) is 17.7 Å². The van der Waals surface area contributed by atoms with E-state index in [2.05, 4.69) is 4.90 Å². The summed E-state index contributed by atoms with van der Waals surface area (Å²) in [6.45, 7) is 0.796. The molecule has 3 aliphatic heterocycles.